The Bertz CT molecular complexity index is 689. The second-order valence-electron chi connectivity index (χ2n) is 3.74. The first kappa shape index (κ1) is 13.5. The molecule has 1 N–H and O–H groups in total. The molecule has 0 aliphatic rings. The van der Waals surface area contributed by atoms with Crippen LogP contribution in [-0.4, -0.2) is 16.0 Å². The summed E-state index contributed by atoms with van der Waals surface area (Å²) in [6.45, 7) is 1.69. The van der Waals surface area contributed by atoms with E-state index in [4.69, 9.17) is 4.52 Å². The Morgan fingerprint density at radius 2 is 2.16 bits per heavy atom. The van der Waals surface area contributed by atoms with Crippen molar-refractivity contribution in [1.82, 2.24) is 10.1 Å². The van der Waals surface area contributed by atoms with Crippen LogP contribution < -0.4 is 5.32 Å². The molecule has 0 spiro atoms. The topological polar surface area (TPSA) is 68.0 Å². The van der Waals surface area contributed by atoms with Gasteiger partial charge in [-0.25, -0.2) is 4.98 Å². The van der Waals surface area contributed by atoms with Crippen LogP contribution in [0.3, 0.4) is 0 Å². The lowest BCUT2D eigenvalue weighted by atomic mass is 10.2. The first-order valence-corrected chi connectivity index (χ1v) is 6.14. The number of rotatable bonds is 2. The number of fused-ring (bicyclic) bond motifs is 1. The normalized spacial score (nSPS) is 10.2. The predicted octanol–water partition coefficient (Wildman–Crippen LogP) is 3.27. The number of nitrogens with zero attached hydrogens (tertiary/aromatic N) is 2. The van der Waals surface area contributed by atoms with Crippen LogP contribution in [0.4, 0.5) is 5.13 Å². The van der Waals surface area contributed by atoms with Gasteiger partial charge in [0.2, 0.25) is 0 Å². The van der Waals surface area contributed by atoms with E-state index < -0.39 is 0 Å². The van der Waals surface area contributed by atoms with Crippen molar-refractivity contribution in [2.24, 2.45) is 0 Å². The van der Waals surface area contributed by atoms with Crippen LogP contribution in [0, 0.1) is 6.92 Å². The smallest absolute Gasteiger partial charge is 0.262 e. The minimum absolute atomic E-state index is 0. The monoisotopic (exact) mass is 295 g/mol. The highest BCUT2D eigenvalue weighted by Crippen LogP contribution is 2.25. The number of benzene rings is 1. The summed E-state index contributed by atoms with van der Waals surface area (Å²) in [6.07, 6.45) is 1.40. The zero-order chi connectivity index (χ0) is 12.5. The molecule has 0 atom stereocenters. The van der Waals surface area contributed by atoms with Crippen molar-refractivity contribution < 1.29 is 9.32 Å². The molecule has 7 heteroatoms. The summed E-state index contributed by atoms with van der Waals surface area (Å²) in [5.41, 5.74) is 1.30. The van der Waals surface area contributed by atoms with Gasteiger partial charge >= 0.3 is 0 Å². The van der Waals surface area contributed by atoms with E-state index in [0.717, 1.165) is 10.2 Å². The average molecular weight is 296 g/mol. The number of carbonyl (C=O) groups is 1. The third kappa shape index (κ3) is 2.59. The average Bonchev–Trinajstić information content (AvgIpc) is 2.94. The fourth-order valence-corrected chi connectivity index (χ4v) is 2.47. The second kappa shape index (κ2) is 5.38. The number of aromatic nitrogens is 2. The van der Waals surface area contributed by atoms with E-state index in [2.05, 4.69) is 15.5 Å². The van der Waals surface area contributed by atoms with E-state index in [0.29, 0.717) is 16.5 Å². The first-order chi connectivity index (χ1) is 8.74. The number of nitrogens with one attached hydrogen (secondary N) is 1. The van der Waals surface area contributed by atoms with Gasteiger partial charge in [0.25, 0.3) is 5.91 Å². The van der Waals surface area contributed by atoms with Crippen molar-refractivity contribution in [3.05, 3.63) is 41.8 Å². The highest BCUT2D eigenvalue weighted by molar-refractivity contribution is 7.22. The third-order valence-electron chi connectivity index (χ3n) is 2.51. The molecule has 0 aliphatic carbocycles. The summed E-state index contributed by atoms with van der Waals surface area (Å²) >= 11 is 1.43. The fourth-order valence-electron chi connectivity index (χ4n) is 1.61. The minimum atomic E-state index is -0.257. The molecule has 19 heavy (non-hydrogen) atoms. The Balaban J connectivity index is 0.00000133. The molecular weight excluding hydrogens is 286 g/mol. The number of amides is 1. The summed E-state index contributed by atoms with van der Waals surface area (Å²) in [7, 11) is 0. The highest BCUT2D eigenvalue weighted by Gasteiger charge is 2.14. The summed E-state index contributed by atoms with van der Waals surface area (Å²) < 4.78 is 5.89. The molecule has 0 unspecified atom stereocenters. The molecule has 3 rings (SSSR count). The van der Waals surface area contributed by atoms with Gasteiger partial charge in [-0.15, -0.1) is 12.4 Å². The number of thiazole rings is 1. The van der Waals surface area contributed by atoms with Gasteiger partial charge in [-0.3, -0.25) is 10.1 Å². The van der Waals surface area contributed by atoms with Gasteiger partial charge in [-0.05, 0) is 19.1 Å². The zero-order valence-electron chi connectivity index (χ0n) is 9.91. The van der Waals surface area contributed by atoms with Crippen LogP contribution in [0.15, 0.2) is 35.0 Å². The number of halogens is 1. The van der Waals surface area contributed by atoms with Crippen molar-refractivity contribution in [3.63, 3.8) is 0 Å². The Labute approximate surface area is 119 Å². The van der Waals surface area contributed by atoms with Gasteiger partial charge in [-0.2, -0.15) is 0 Å². The molecule has 2 heterocycles. The van der Waals surface area contributed by atoms with Crippen LogP contribution in [0.1, 0.15) is 16.1 Å². The lowest BCUT2D eigenvalue weighted by molar-refractivity contribution is 0.102. The standard InChI is InChI=1S/C12H9N3O2S.ClH/c1-7-8(6-13-17-7)11(16)15-12-14-9-4-2-3-5-10(9)18-12;/h2-6H,1H3,(H,14,15,16);1H. The number of hydrogen-bond donors (Lipinski definition) is 1. The fraction of sp³-hybridized carbons (Fsp3) is 0.0833. The Morgan fingerprint density at radius 1 is 1.37 bits per heavy atom. The minimum Gasteiger partial charge on any atom is -0.361 e. The molecule has 1 amide bonds. The van der Waals surface area contributed by atoms with Crippen molar-refractivity contribution in [2.45, 2.75) is 6.92 Å². The summed E-state index contributed by atoms with van der Waals surface area (Å²) in [4.78, 5) is 16.3. The van der Waals surface area contributed by atoms with Gasteiger partial charge in [0, 0.05) is 0 Å². The number of carbonyl (C=O) groups excluding carboxylic acids is 1. The number of aryl methyl sites for hydroxylation is 1. The molecule has 0 bridgehead atoms. The van der Waals surface area contributed by atoms with Crippen LogP contribution in [0.5, 0.6) is 0 Å². The zero-order valence-corrected chi connectivity index (χ0v) is 11.5. The van der Waals surface area contributed by atoms with Gasteiger partial charge in [0.15, 0.2) is 5.13 Å². The lowest BCUT2D eigenvalue weighted by Gasteiger charge is -1.97. The Hall–Kier alpha value is -1.92. The van der Waals surface area contributed by atoms with Crippen LogP contribution in [-0.2, 0) is 0 Å². The molecular formula is C12H10ClN3O2S. The van der Waals surface area contributed by atoms with Crippen LogP contribution in [0.2, 0.25) is 0 Å². The van der Waals surface area contributed by atoms with Crippen molar-refractivity contribution in [1.29, 1.82) is 0 Å². The third-order valence-corrected chi connectivity index (χ3v) is 3.46. The Kier molecular flexibility index (Phi) is 3.82. The maximum Gasteiger partial charge on any atom is 0.262 e. The molecule has 1 aromatic carbocycles. The summed E-state index contributed by atoms with van der Waals surface area (Å²) in [5, 5.41) is 6.89. The molecule has 2 aromatic heterocycles. The molecule has 3 aromatic rings. The van der Waals surface area contributed by atoms with E-state index >= 15 is 0 Å². The molecule has 0 aliphatic heterocycles. The molecule has 0 saturated carbocycles. The van der Waals surface area contributed by atoms with E-state index in [1.807, 2.05) is 24.3 Å². The molecule has 5 nitrogen and oxygen atoms in total. The second-order valence-corrected chi connectivity index (χ2v) is 4.77. The van der Waals surface area contributed by atoms with E-state index in [1.54, 1.807) is 6.92 Å². The maximum absolute atomic E-state index is 11.9. The first-order valence-electron chi connectivity index (χ1n) is 5.32. The van der Waals surface area contributed by atoms with Crippen molar-refractivity contribution in [2.75, 3.05) is 5.32 Å². The van der Waals surface area contributed by atoms with Gasteiger partial charge in [0.1, 0.15) is 11.3 Å². The predicted molar refractivity (Wildman–Crippen MR) is 76.1 cm³/mol. The largest absolute Gasteiger partial charge is 0.361 e. The Morgan fingerprint density at radius 3 is 2.84 bits per heavy atom. The maximum atomic E-state index is 11.9. The summed E-state index contributed by atoms with van der Waals surface area (Å²) in [6, 6.07) is 7.73. The number of anilines is 1. The van der Waals surface area contributed by atoms with E-state index in [1.165, 1.54) is 17.5 Å². The van der Waals surface area contributed by atoms with Crippen LogP contribution >= 0.6 is 23.7 Å². The highest BCUT2D eigenvalue weighted by atomic mass is 35.5. The van der Waals surface area contributed by atoms with E-state index in [9.17, 15) is 4.79 Å². The molecule has 0 radical (unpaired) electrons. The SMILES string of the molecule is Cc1oncc1C(=O)Nc1nc2ccccc2s1.Cl. The van der Waals surface area contributed by atoms with E-state index in [-0.39, 0.29) is 18.3 Å². The molecule has 98 valence electrons. The van der Waals surface area contributed by atoms with Crippen LogP contribution in [0.25, 0.3) is 10.2 Å². The van der Waals surface area contributed by atoms with Crippen molar-refractivity contribution in [3.8, 4) is 0 Å². The van der Waals surface area contributed by atoms with Gasteiger partial charge < -0.3 is 4.52 Å². The number of para-hydroxylation sites is 1. The molecule has 0 fully saturated rings. The molecule has 0 saturated heterocycles. The van der Waals surface area contributed by atoms with Gasteiger partial charge in [-0.1, -0.05) is 28.6 Å². The van der Waals surface area contributed by atoms with Gasteiger partial charge in [0.05, 0.1) is 16.4 Å². The summed E-state index contributed by atoms with van der Waals surface area (Å²) in [5.74, 6) is 0.237. The number of hydrogen-bond acceptors (Lipinski definition) is 5. The lowest BCUT2D eigenvalue weighted by Crippen LogP contribution is -2.11. The quantitative estimate of drug-likeness (QED) is 0.788. The van der Waals surface area contributed by atoms with Crippen molar-refractivity contribution >= 4 is 45.0 Å².